The van der Waals surface area contributed by atoms with E-state index in [4.69, 9.17) is 4.52 Å². The maximum Gasteiger partial charge on any atom is 0.259 e. The van der Waals surface area contributed by atoms with Gasteiger partial charge in [0.2, 0.25) is 0 Å². The SMILES string of the molecule is Cc1onc(-c2ccccc2)c1C(=O)N1CC[C@@H](Nc2nc3cc(F)cc(F)c3s2)C1. The van der Waals surface area contributed by atoms with E-state index >= 15 is 0 Å². The van der Waals surface area contributed by atoms with Gasteiger partial charge in [-0.05, 0) is 13.3 Å². The lowest BCUT2D eigenvalue weighted by Crippen LogP contribution is -2.32. The Balaban J connectivity index is 1.33. The molecule has 0 radical (unpaired) electrons. The van der Waals surface area contributed by atoms with Gasteiger partial charge in [-0.3, -0.25) is 4.79 Å². The third kappa shape index (κ3) is 3.65. The van der Waals surface area contributed by atoms with Crippen molar-refractivity contribution in [3.8, 4) is 11.3 Å². The minimum absolute atomic E-state index is 0.0437. The topological polar surface area (TPSA) is 71.3 Å². The first-order chi connectivity index (χ1) is 15.0. The van der Waals surface area contributed by atoms with Crippen LogP contribution in [0.2, 0.25) is 0 Å². The maximum absolute atomic E-state index is 13.9. The van der Waals surface area contributed by atoms with Gasteiger partial charge >= 0.3 is 0 Å². The molecule has 1 atom stereocenters. The van der Waals surface area contributed by atoms with Crippen molar-refractivity contribution in [2.24, 2.45) is 0 Å². The summed E-state index contributed by atoms with van der Waals surface area (Å²) < 4.78 is 33.0. The lowest BCUT2D eigenvalue weighted by Gasteiger charge is -2.17. The van der Waals surface area contributed by atoms with Crippen LogP contribution in [0.15, 0.2) is 47.0 Å². The molecular formula is C22H18F2N4O2S. The lowest BCUT2D eigenvalue weighted by atomic mass is 10.1. The second-order valence-corrected chi connectivity index (χ2v) is 8.46. The van der Waals surface area contributed by atoms with Crippen LogP contribution in [-0.2, 0) is 0 Å². The third-order valence-corrected chi connectivity index (χ3v) is 6.35. The molecule has 0 unspecified atom stereocenters. The van der Waals surface area contributed by atoms with E-state index in [9.17, 15) is 13.6 Å². The molecule has 9 heteroatoms. The summed E-state index contributed by atoms with van der Waals surface area (Å²) in [6.45, 7) is 2.75. The second-order valence-electron chi connectivity index (χ2n) is 7.46. The minimum atomic E-state index is -0.655. The number of aryl methyl sites for hydroxylation is 1. The number of carbonyl (C=O) groups is 1. The number of carbonyl (C=O) groups excluding carboxylic acids is 1. The molecule has 1 amide bonds. The van der Waals surface area contributed by atoms with Gasteiger partial charge in [-0.15, -0.1) is 0 Å². The van der Waals surface area contributed by atoms with Crippen molar-refractivity contribution >= 4 is 32.6 Å². The van der Waals surface area contributed by atoms with Gasteiger partial charge in [0, 0.05) is 36.8 Å². The Hall–Kier alpha value is -3.33. The Bertz CT molecular complexity index is 1270. The number of hydrogen-bond acceptors (Lipinski definition) is 6. The summed E-state index contributed by atoms with van der Waals surface area (Å²) in [7, 11) is 0. The number of nitrogens with one attached hydrogen (secondary N) is 1. The molecule has 31 heavy (non-hydrogen) atoms. The van der Waals surface area contributed by atoms with Crippen LogP contribution in [0, 0.1) is 18.6 Å². The number of anilines is 1. The molecular weight excluding hydrogens is 422 g/mol. The first kappa shape index (κ1) is 19.6. The Morgan fingerprint density at radius 2 is 2.06 bits per heavy atom. The van der Waals surface area contributed by atoms with Crippen LogP contribution in [0.1, 0.15) is 22.5 Å². The van der Waals surface area contributed by atoms with E-state index in [2.05, 4.69) is 15.5 Å². The van der Waals surface area contributed by atoms with E-state index in [1.54, 1.807) is 11.8 Å². The minimum Gasteiger partial charge on any atom is -0.360 e. The molecule has 4 aromatic rings. The summed E-state index contributed by atoms with van der Waals surface area (Å²) in [5, 5.41) is 7.85. The number of rotatable bonds is 4. The molecule has 158 valence electrons. The Morgan fingerprint density at radius 1 is 1.26 bits per heavy atom. The lowest BCUT2D eigenvalue weighted by molar-refractivity contribution is 0.0790. The number of nitrogens with zero attached hydrogens (tertiary/aromatic N) is 3. The summed E-state index contributed by atoms with van der Waals surface area (Å²) in [4.78, 5) is 19.3. The predicted octanol–water partition coefficient (Wildman–Crippen LogP) is 4.86. The average molecular weight is 440 g/mol. The van der Waals surface area contributed by atoms with Gasteiger partial charge in [0.05, 0.1) is 10.2 Å². The average Bonchev–Trinajstić information content (AvgIpc) is 3.47. The Labute approximate surface area is 180 Å². The van der Waals surface area contributed by atoms with E-state index in [0.29, 0.717) is 46.4 Å². The van der Waals surface area contributed by atoms with E-state index < -0.39 is 11.6 Å². The van der Waals surface area contributed by atoms with Crippen LogP contribution in [-0.4, -0.2) is 40.1 Å². The van der Waals surface area contributed by atoms with Crippen molar-refractivity contribution in [3.05, 3.63) is 65.4 Å². The molecule has 1 aliphatic rings. The van der Waals surface area contributed by atoms with E-state index in [1.807, 2.05) is 30.3 Å². The zero-order valence-corrected chi connectivity index (χ0v) is 17.4. The first-order valence-corrected chi connectivity index (χ1v) is 10.6. The smallest absolute Gasteiger partial charge is 0.259 e. The van der Waals surface area contributed by atoms with Gasteiger partial charge in [0.15, 0.2) is 5.13 Å². The van der Waals surface area contributed by atoms with Crippen molar-refractivity contribution in [1.29, 1.82) is 0 Å². The predicted molar refractivity (Wildman–Crippen MR) is 114 cm³/mol. The standard InChI is InChI=1S/C22H18F2N4O2S/c1-12-18(19(27-30-12)13-5-3-2-4-6-13)21(29)28-8-7-15(11-28)25-22-26-17-10-14(23)9-16(24)20(17)31-22/h2-6,9-10,15H,7-8,11H2,1H3,(H,25,26)/t15-/m1/s1. The van der Waals surface area contributed by atoms with Gasteiger partial charge in [-0.1, -0.05) is 46.8 Å². The normalized spacial score (nSPS) is 16.2. The molecule has 6 nitrogen and oxygen atoms in total. The van der Waals surface area contributed by atoms with Gasteiger partial charge in [0.25, 0.3) is 5.91 Å². The van der Waals surface area contributed by atoms with E-state index in [1.165, 1.54) is 6.07 Å². The number of benzene rings is 2. The number of likely N-dealkylation sites (tertiary alicyclic amines) is 1. The molecule has 5 rings (SSSR count). The molecule has 1 N–H and O–H groups in total. The Morgan fingerprint density at radius 3 is 2.87 bits per heavy atom. The molecule has 2 aromatic heterocycles. The number of hydrogen-bond donors (Lipinski definition) is 1. The molecule has 1 aliphatic heterocycles. The fraction of sp³-hybridized carbons (Fsp3) is 0.227. The highest BCUT2D eigenvalue weighted by Gasteiger charge is 2.32. The zero-order valence-electron chi connectivity index (χ0n) is 16.6. The summed E-state index contributed by atoms with van der Waals surface area (Å²) in [5.74, 6) is -0.943. The largest absolute Gasteiger partial charge is 0.360 e. The fourth-order valence-electron chi connectivity index (χ4n) is 3.83. The van der Waals surface area contributed by atoms with Crippen LogP contribution in [0.25, 0.3) is 21.5 Å². The van der Waals surface area contributed by atoms with E-state index in [0.717, 1.165) is 23.0 Å². The second kappa shape index (κ2) is 7.73. The van der Waals surface area contributed by atoms with Crippen LogP contribution in [0.3, 0.4) is 0 Å². The maximum atomic E-state index is 13.9. The van der Waals surface area contributed by atoms with Crippen molar-refractivity contribution in [2.45, 2.75) is 19.4 Å². The van der Waals surface area contributed by atoms with Crippen molar-refractivity contribution < 1.29 is 18.1 Å². The Kier molecular flexibility index (Phi) is 4.90. The number of thiazole rings is 1. The first-order valence-electron chi connectivity index (χ1n) is 9.82. The summed E-state index contributed by atoms with van der Waals surface area (Å²) >= 11 is 1.14. The highest BCUT2D eigenvalue weighted by atomic mass is 32.1. The van der Waals surface area contributed by atoms with Crippen molar-refractivity contribution in [3.63, 3.8) is 0 Å². The summed E-state index contributed by atoms with van der Waals surface area (Å²) in [5.41, 5.74) is 2.09. The van der Waals surface area contributed by atoms with Crippen LogP contribution in [0.5, 0.6) is 0 Å². The molecule has 0 spiro atoms. The van der Waals surface area contributed by atoms with Gasteiger partial charge in [-0.25, -0.2) is 13.8 Å². The number of amides is 1. The third-order valence-electron chi connectivity index (χ3n) is 5.34. The van der Waals surface area contributed by atoms with Crippen LogP contribution in [0.4, 0.5) is 13.9 Å². The van der Waals surface area contributed by atoms with Crippen molar-refractivity contribution in [2.75, 3.05) is 18.4 Å². The quantitative estimate of drug-likeness (QED) is 0.491. The molecule has 0 bridgehead atoms. The molecule has 0 saturated carbocycles. The van der Waals surface area contributed by atoms with Crippen LogP contribution < -0.4 is 5.32 Å². The molecule has 1 fully saturated rings. The molecule has 2 aromatic carbocycles. The fourth-order valence-corrected chi connectivity index (χ4v) is 4.76. The monoisotopic (exact) mass is 440 g/mol. The van der Waals surface area contributed by atoms with E-state index in [-0.39, 0.29) is 17.5 Å². The number of halogens is 2. The number of aromatic nitrogens is 2. The molecule has 0 aliphatic carbocycles. The zero-order chi connectivity index (χ0) is 21.5. The highest BCUT2D eigenvalue weighted by Crippen LogP contribution is 2.31. The molecule has 1 saturated heterocycles. The van der Waals surface area contributed by atoms with Crippen LogP contribution >= 0.6 is 11.3 Å². The molecule has 3 heterocycles. The van der Waals surface area contributed by atoms with Crippen molar-refractivity contribution in [1.82, 2.24) is 15.0 Å². The summed E-state index contributed by atoms with van der Waals surface area (Å²) in [6, 6.07) is 11.5. The summed E-state index contributed by atoms with van der Waals surface area (Å²) in [6.07, 6.45) is 0.712. The van der Waals surface area contributed by atoms with Gasteiger partial charge in [0.1, 0.15) is 28.7 Å². The highest BCUT2D eigenvalue weighted by molar-refractivity contribution is 7.22. The number of fused-ring (bicyclic) bond motifs is 1. The van der Waals surface area contributed by atoms with Gasteiger partial charge < -0.3 is 14.7 Å². The van der Waals surface area contributed by atoms with Gasteiger partial charge in [-0.2, -0.15) is 0 Å².